The van der Waals surface area contributed by atoms with E-state index < -0.39 is 0 Å². The second-order valence-electron chi connectivity index (χ2n) is 8.20. The molecule has 1 aromatic carbocycles. The number of rotatable bonds is 4. The molecule has 29 heavy (non-hydrogen) atoms. The Morgan fingerprint density at radius 2 is 1.97 bits per heavy atom. The summed E-state index contributed by atoms with van der Waals surface area (Å²) in [7, 11) is 0. The lowest BCUT2D eigenvalue weighted by atomic mass is 10.1. The number of aromatic nitrogens is 2. The molecule has 0 spiro atoms. The van der Waals surface area contributed by atoms with E-state index in [0.29, 0.717) is 29.2 Å². The van der Waals surface area contributed by atoms with Gasteiger partial charge in [-0.15, -0.1) is 10.2 Å². The fourth-order valence-corrected chi connectivity index (χ4v) is 4.92. The molecule has 0 saturated carbocycles. The third-order valence-corrected chi connectivity index (χ3v) is 6.37. The van der Waals surface area contributed by atoms with Crippen LogP contribution in [0.1, 0.15) is 12.8 Å². The largest absolute Gasteiger partial charge is 0.507 e. The molecule has 3 fully saturated rings. The molecule has 8 nitrogen and oxygen atoms in total. The van der Waals surface area contributed by atoms with Crippen molar-refractivity contribution in [2.75, 3.05) is 50.0 Å². The van der Waals surface area contributed by atoms with Gasteiger partial charge in [-0.1, -0.05) is 12.1 Å². The number of phenols is 1. The van der Waals surface area contributed by atoms with Crippen molar-refractivity contribution in [3.63, 3.8) is 0 Å². The topological polar surface area (TPSA) is 99.8 Å². The first-order valence-electron chi connectivity index (χ1n) is 10.4. The van der Waals surface area contributed by atoms with Crippen LogP contribution in [0.5, 0.6) is 5.75 Å². The Balaban J connectivity index is 1.35. The molecule has 1 aromatic heterocycles. The Kier molecular flexibility index (Phi) is 4.99. The third-order valence-electron chi connectivity index (χ3n) is 6.37. The number of piperazine rings is 1. The molecule has 0 amide bonds. The summed E-state index contributed by atoms with van der Waals surface area (Å²) < 4.78 is 5.93. The highest BCUT2D eigenvalue weighted by atomic mass is 16.5. The van der Waals surface area contributed by atoms with Crippen molar-refractivity contribution in [2.24, 2.45) is 0 Å². The van der Waals surface area contributed by atoms with Gasteiger partial charge in [0.15, 0.2) is 5.82 Å². The van der Waals surface area contributed by atoms with E-state index in [1.807, 2.05) is 18.2 Å². The quantitative estimate of drug-likeness (QED) is 0.706. The molecule has 0 aliphatic carbocycles. The van der Waals surface area contributed by atoms with Gasteiger partial charge in [0.2, 0.25) is 0 Å². The van der Waals surface area contributed by atoms with E-state index in [4.69, 9.17) is 10.5 Å². The van der Waals surface area contributed by atoms with Gasteiger partial charge < -0.3 is 25.8 Å². The lowest BCUT2D eigenvalue weighted by molar-refractivity contribution is -0.00716. The SMILES string of the molecule is Nc1nnc(-c2ccccc2O)cc1N1CC2CCC(C1)N2C[C@@H]1CNCCO1. The van der Waals surface area contributed by atoms with Crippen molar-refractivity contribution in [3.05, 3.63) is 30.3 Å². The molecule has 3 aliphatic heterocycles. The first-order valence-corrected chi connectivity index (χ1v) is 10.4. The summed E-state index contributed by atoms with van der Waals surface area (Å²) in [5.74, 6) is 0.639. The molecule has 3 atom stereocenters. The highest BCUT2D eigenvalue weighted by Gasteiger charge is 2.41. The summed E-state index contributed by atoms with van der Waals surface area (Å²) in [5, 5.41) is 22.0. The van der Waals surface area contributed by atoms with Crippen LogP contribution >= 0.6 is 0 Å². The number of nitrogens with one attached hydrogen (secondary N) is 1. The van der Waals surface area contributed by atoms with E-state index in [9.17, 15) is 5.11 Å². The number of benzene rings is 1. The van der Waals surface area contributed by atoms with Gasteiger partial charge in [-0.05, 0) is 31.0 Å². The number of nitrogens with two attached hydrogens (primary N) is 1. The van der Waals surface area contributed by atoms with Crippen LogP contribution in [0.25, 0.3) is 11.3 Å². The van der Waals surface area contributed by atoms with Crippen LogP contribution in [0.3, 0.4) is 0 Å². The van der Waals surface area contributed by atoms with Gasteiger partial charge in [0.05, 0.1) is 24.1 Å². The maximum absolute atomic E-state index is 10.2. The molecule has 8 heteroatoms. The number of anilines is 2. The number of ether oxygens (including phenoxy) is 1. The zero-order valence-corrected chi connectivity index (χ0v) is 16.5. The van der Waals surface area contributed by atoms with Gasteiger partial charge in [-0.3, -0.25) is 4.90 Å². The second-order valence-corrected chi connectivity index (χ2v) is 8.20. The van der Waals surface area contributed by atoms with Crippen LogP contribution < -0.4 is 16.0 Å². The Morgan fingerprint density at radius 1 is 1.17 bits per heavy atom. The van der Waals surface area contributed by atoms with Crippen LogP contribution in [0.2, 0.25) is 0 Å². The zero-order valence-electron chi connectivity index (χ0n) is 16.5. The Labute approximate surface area is 170 Å². The van der Waals surface area contributed by atoms with Crippen LogP contribution in [-0.2, 0) is 4.74 Å². The summed E-state index contributed by atoms with van der Waals surface area (Å²) in [4.78, 5) is 4.97. The molecule has 3 aliphatic rings. The molecule has 2 aromatic rings. The first-order chi connectivity index (χ1) is 14.2. The van der Waals surface area contributed by atoms with Crippen molar-refractivity contribution < 1.29 is 9.84 Å². The first kappa shape index (κ1) is 18.6. The second kappa shape index (κ2) is 7.78. The molecule has 4 N–H and O–H groups in total. The van der Waals surface area contributed by atoms with Crippen molar-refractivity contribution in [1.82, 2.24) is 20.4 Å². The monoisotopic (exact) mass is 396 g/mol. The van der Waals surface area contributed by atoms with Crippen molar-refractivity contribution in [1.29, 1.82) is 0 Å². The number of morpholine rings is 1. The zero-order chi connectivity index (χ0) is 19.8. The average Bonchev–Trinajstić information content (AvgIpc) is 2.97. The maximum atomic E-state index is 10.2. The summed E-state index contributed by atoms with van der Waals surface area (Å²) in [6.45, 7) is 5.52. The lowest BCUT2D eigenvalue weighted by Gasteiger charge is -2.43. The predicted molar refractivity (Wildman–Crippen MR) is 112 cm³/mol. The number of fused-ring (bicyclic) bond motifs is 2. The van der Waals surface area contributed by atoms with Gasteiger partial charge in [0.1, 0.15) is 5.75 Å². The Morgan fingerprint density at radius 3 is 2.69 bits per heavy atom. The van der Waals surface area contributed by atoms with Crippen LogP contribution in [0.15, 0.2) is 30.3 Å². The number of nitrogens with zero attached hydrogens (tertiary/aromatic N) is 4. The number of para-hydroxylation sites is 1. The van der Waals surface area contributed by atoms with E-state index in [1.54, 1.807) is 12.1 Å². The Bertz CT molecular complexity index is 858. The molecule has 4 heterocycles. The van der Waals surface area contributed by atoms with E-state index in [0.717, 1.165) is 45.0 Å². The normalized spacial score (nSPS) is 27.3. The molecule has 3 saturated heterocycles. The third kappa shape index (κ3) is 3.63. The van der Waals surface area contributed by atoms with Crippen LogP contribution in [-0.4, -0.2) is 77.7 Å². The molecular weight excluding hydrogens is 368 g/mol. The summed E-state index contributed by atoms with van der Waals surface area (Å²) in [5.41, 5.74) is 8.43. The molecule has 5 rings (SSSR count). The summed E-state index contributed by atoms with van der Waals surface area (Å²) >= 11 is 0. The molecule has 0 radical (unpaired) electrons. The maximum Gasteiger partial charge on any atom is 0.169 e. The van der Waals surface area contributed by atoms with E-state index in [2.05, 4.69) is 25.3 Å². The highest BCUT2D eigenvalue weighted by molar-refractivity contribution is 5.74. The van der Waals surface area contributed by atoms with Gasteiger partial charge in [0.25, 0.3) is 0 Å². The number of aromatic hydroxyl groups is 1. The minimum absolute atomic E-state index is 0.198. The fraction of sp³-hybridized carbons (Fsp3) is 0.524. The van der Waals surface area contributed by atoms with Gasteiger partial charge in [-0.2, -0.15) is 0 Å². The standard InChI is InChI=1S/C21H28N6O2/c22-21-19(9-18(24-25-21)17-3-1-2-4-20(17)28)26-11-14-5-6-15(12-26)27(14)13-16-10-23-7-8-29-16/h1-4,9,14-16,23,28H,5-8,10-13H2,(H2,22,25)/t14?,15?,16-/m0/s1. The molecule has 2 bridgehead atoms. The average molecular weight is 396 g/mol. The minimum Gasteiger partial charge on any atom is -0.507 e. The van der Waals surface area contributed by atoms with Gasteiger partial charge in [0, 0.05) is 50.4 Å². The molecule has 154 valence electrons. The minimum atomic E-state index is 0.198. The number of hydrogen-bond donors (Lipinski definition) is 3. The highest BCUT2D eigenvalue weighted by Crippen LogP contribution is 2.36. The number of phenolic OH excluding ortho intramolecular Hbond substituents is 1. The predicted octanol–water partition coefficient (Wildman–Crippen LogP) is 1.07. The van der Waals surface area contributed by atoms with E-state index in [1.165, 1.54) is 12.8 Å². The van der Waals surface area contributed by atoms with Crippen molar-refractivity contribution >= 4 is 11.5 Å². The van der Waals surface area contributed by atoms with Crippen molar-refractivity contribution in [2.45, 2.75) is 31.0 Å². The molecular formula is C21H28N6O2. The van der Waals surface area contributed by atoms with Gasteiger partial charge in [-0.25, -0.2) is 0 Å². The van der Waals surface area contributed by atoms with Crippen LogP contribution in [0, 0.1) is 0 Å². The van der Waals surface area contributed by atoms with E-state index in [-0.39, 0.29) is 11.9 Å². The van der Waals surface area contributed by atoms with Crippen LogP contribution in [0.4, 0.5) is 11.5 Å². The molecule has 2 unspecified atom stereocenters. The van der Waals surface area contributed by atoms with Crippen molar-refractivity contribution in [3.8, 4) is 17.0 Å². The van der Waals surface area contributed by atoms with E-state index >= 15 is 0 Å². The lowest BCUT2D eigenvalue weighted by Crippen LogP contribution is -2.57. The van der Waals surface area contributed by atoms with Gasteiger partial charge >= 0.3 is 0 Å². The number of nitrogen functional groups attached to an aromatic ring is 1. The summed E-state index contributed by atoms with van der Waals surface area (Å²) in [6, 6.07) is 10.1. The number of hydrogen-bond acceptors (Lipinski definition) is 8. The fourth-order valence-electron chi connectivity index (χ4n) is 4.92. The summed E-state index contributed by atoms with van der Waals surface area (Å²) in [6.07, 6.45) is 2.68. The Hall–Kier alpha value is -2.42. The smallest absolute Gasteiger partial charge is 0.169 e.